The molecule has 0 saturated heterocycles. The molecule has 28 heavy (non-hydrogen) atoms. The first kappa shape index (κ1) is 20.6. The van der Waals surface area contributed by atoms with E-state index in [0.717, 1.165) is 20.9 Å². The summed E-state index contributed by atoms with van der Waals surface area (Å²) in [6, 6.07) is 12.3. The van der Waals surface area contributed by atoms with Gasteiger partial charge in [0.25, 0.3) is 5.91 Å². The van der Waals surface area contributed by atoms with Crippen LogP contribution in [0.2, 0.25) is 0 Å². The van der Waals surface area contributed by atoms with Crippen molar-refractivity contribution in [3.05, 3.63) is 65.5 Å². The number of carbonyl (C=O) groups excluding carboxylic acids is 1. The fourth-order valence-corrected chi connectivity index (χ4v) is 5.23. The molecule has 0 spiro atoms. The van der Waals surface area contributed by atoms with Gasteiger partial charge in [-0.25, -0.2) is 8.42 Å². The van der Waals surface area contributed by atoms with E-state index in [0.29, 0.717) is 16.9 Å². The predicted molar refractivity (Wildman–Crippen MR) is 116 cm³/mol. The van der Waals surface area contributed by atoms with Gasteiger partial charge in [0.15, 0.2) is 14.6 Å². The van der Waals surface area contributed by atoms with Crippen LogP contribution in [0.15, 0.2) is 69.9 Å². The highest BCUT2D eigenvalue weighted by atomic mass is 32.2. The summed E-state index contributed by atoms with van der Waals surface area (Å²) in [4.78, 5) is 18.8. The van der Waals surface area contributed by atoms with Gasteiger partial charge >= 0.3 is 0 Å². The lowest BCUT2D eigenvalue weighted by molar-refractivity contribution is 0.0997. The second kappa shape index (κ2) is 8.46. The maximum atomic E-state index is 12.7. The highest BCUT2D eigenvalue weighted by Crippen LogP contribution is 2.22. The molecule has 8 heteroatoms. The predicted octanol–water partition coefficient (Wildman–Crippen LogP) is 4.15. The third-order valence-corrected chi connectivity index (χ3v) is 7.01. The fourth-order valence-electron chi connectivity index (χ4n) is 2.71. The van der Waals surface area contributed by atoms with Crippen LogP contribution in [0.1, 0.15) is 17.3 Å². The van der Waals surface area contributed by atoms with Gasteiger partial charge < -0.3 is 4.57 Å². The fraction of sp³-hybridized carbons (Fsp3) is 0.200. The summed E-state index contributed by atoms with van der Waals surface area (Å²) in [7, 11) is -3.31. The van der Waals surface area contributed by atoms with Crippen LogP contribution in [-0.2, 0) is 16.4 Å². The number of thiazole rings is 1. The average molecular weight is 433 g/mol. The molecule has 146 valence electrons. The van der Waals surface area contributed by atoms with Gasteiger partial charge in [-0.1, -0.05) is 30.4 Å². The molecular formula is C20H20N2O3S3. The minimum Gasteiger partial charge on any atom is -0.312 e. The molecule has 0 saturated carbocycles. The summed E-state index contributed by atoms with van der Waals surface area (Å²) >= 11 is 2.96. The van der Waals surface area contributed by atoms with Crippen LogP contribution in [0.3, 0.4) is 0 Å². The second-order valence-electron chi connectivity index (χ2n) is 6.06. The van der Waals surface area contributed by atoms with Crippen LogP contribution in [0, 0.1) is 0 Å². The van der Waals surface area contributed by atoms with E-state index in [4.69, 9.17) is 0 Å². The lowest BCUT2D eigenvalue weighted by atomic mass is 10.2. The summed E-state index contributed by atoms with van der Waals surface area (Å²) < 4.78 is 26.3. The molecule has 1 heterocycles. The maximum Gasteiger partial charge on any atom is 0.279 e. The molecule has 0 atom stereocenters. The average Bonchev–Trinajstić information content (AvgIpc) is 2.98. The van der Waals surface area contributed by atoms with E-state index in [1.54, 1.807) is 42.1 Å². The number of thioether (sulfide) groups is 1. The number of sulfone groups is 1. The van der Waals surface area contributed by atoms with E-state index in [-0.39, 0.29) is 10.8 Å². The highest BCUT2D eigenvalue weighted by Gasteiger charge is 2.13. The molecule has 3 rings (SSSR count). The summed E-state index contributed by atoms with van der Waals surface area (Å²) in [5, 5.41) is 0. The molecule has 0 N–H and O–H groups in total. The van der Waals surface area contributed by atoms with Crippen LogP contribution in [0.25, 0.3) is 10.2 Å². The van der Waals surface area contributed by atoms with Crippen LogP contribution in [-0.4, -0.2) is 30.9 Å². The molecule has 1 aromatic heterocycles. The Labute approximate surface area is 172 Å². The van der Waals surface area contributed by atoms with E-state index in [9.17, 15) is 13.2 Å². The number of rotatable bonds is 6. The first-order chi connectivity index (χ1) is 13.3. The molecule has 0 aliphatic rings. The first-order valence-corrected chi connectivity index (χ1v) is 12.3. The summed E-state index contributed by atoms with van der Waals surface area (Å²) in [6.07, 6.45) is 2.90. The van der Waals surface area contributed by atoms with Crippen molar-refractivity contribution in [1.82, 2.24) is 4.57 Å². The van der Waals surface area contributed by atoms with Gasteiger partial charge in [-0.3, -0.25) is 4.79 Å². The zero-order chi connectivity index (χ0) is 20.3. The second-order valence-corrected chi connectivity index (χ2v) is 10.4. The van der Waals surface area contributed by atoms with Crippen molar-refractivity contribution in [2.24, 2.45) is 4.99 Å². The molecular weight excluding hydrogens is 412 g/mol. The van der Waals surface area contributed by atoms with E-state index in [1.807, 2.05) is 22.8 Å². The zero-order valence-electron chi connectivity index (χ0n) is 15.6. The smallest absolute Gasteiger partial charge is 0.279 e. The van der Waals surface area contributed by atoms with E-state index in [1.165, 1.54) is 17.6 Å². The molecule has 3 aromatic rings. The highest BCUT2D eigenvalue weighted by molar-refractivity contribution is 7.99. The third kappa shape index (κ3) is 4.45. The summed E-state index contributed by atoms with van der Waals surface area (Å²) in [5.41, 5.74) is 1.34. The minimum absolute atomic E-state index is 0.245. The topological polar surface area (TPSA) is 68.5 Å². The number of carbonyl (C=O) groups is 1. The number of benzene rings is 2. The Morgan fingerprint density at radius 2 is 2.07 bits per heavy atom. The third-order valence-electron chi connectivity index (χ3n) is 3.98. The molecule has 2 aromatic carbocycles. The Morgan fingerprint density at radius 3 is 2.75 bits per heavy atom. The maximum absolute atomic E-state index is 12.7. The van der Waals surface area contributed by atoms with Crippen molar-refractivity contribution < 1.29 is 13.2 Å². The molecule has 0 fully saturated rings. The Morgan fingerprint density at radius 1 is 1.29 bits per heavy atom. The van der Waals surface area contributed by atoms with Crippen LogP contribution in [0.4, 0.5) is 0 Å². The van der Waals surface area contributed by atoms with Crippen molar-refractivity contribution in [2.75, 3.05) is 12.0 Å². The number of allylic oxidation sites excluding steroid dienone is 1. The van der Waals surface area contributed by atoms with Crippen molar-refractivity contribution in [1.29, 1.82) is 0 Å². The lowest BCUT2D eigenvalue weighted by Crippen LogP contribution is -2.16. The molecule has 0 unspecified atom stereocenters. The number of hydrogen-bond acceptors (Lipinski definition) is 5. The van der Waals surface area contributed by atoms with Crippen molar-refractivity contribution in [2.45, 2.75) is 23.3 Å². The van der Waals surface area contributed by atoms with Gasteiger partial charge in [0, 0.05) is 23.3 Å². The van der Waals surface area contributed by atoms with Crippen LogP contribution >= 0.6 is 23.1 Å². The number of nitrogens with zero attached hydrogens (tertiary/aromatic N) is 2. The Hall–Kier alpha value is -2.16. The Balaban J connectivity index is 2.12. The van der Waals surface area contributed by atoms with Crippen LogP contribution in [0.5, 0.6) is 0 Å². The molecule has 0 bridgehead atoms. The lowest BCUT2D eigenvalue weighted by Gasteiger charge is -2.03. The number of hydrogen-bond donors (Lipinski definition) is 0. The first-order valence-electron chi connectivity index (χ1n) is 8.59. The SMILES string of the molecule is C=CCn1c(=NC(=O)c2cccc(SCC)c2)sc2cc(S(C)(=O)=O)ccc21. The zero-order valence-corrected chi connectivity index (χ0v) is 18.0. The molecule has 1 amide bonds. The van der Waals surface area contributed by atoms with Crippen molar-refractivity contribution >= 4 is 49.1 Å². The van der Waals surface area contributed by atoms with Gasteiger partial charge in [-0.15, -0.1) is 18.3 Å². The number of aromatic nitrogens is 1. The number of amides is 1. The van der Waals surface area contributed by atoms with E-state index in [2.05, 4.69) is 18.5 Å². The minimum atomic E-state index is -3.31. The van der Waals surface area contributed by atoms with Gasteiger partial charge in [-0.05, 0) is 42.2 Å². The largest absolute Gasteiger partial charge is 0.312 e. The Kier molecular flexibility index (Phi) is 6.22. The monoisotopic (exact) mass is 432 g/mol. The van der Waals surface area contributed by atoms with Gasteiger partial charge in [0.2, 0.25) is 0 Å². The van der Waals surface area contributed by atoms with Gasteiger partial charge in [0.05, 0.1) is 15.1 Å². The normalized spacial score (nSPS) is 12.4. The van der Waals surface area contributed by atoms with E-state index < -0.39 is 9.84 Å². The molecule has 0 aliphatic carbocycles. The molecule has 0 radical (unpaired) electrons. The van der Waals surface area contributed by atoms with Gasteiger partial charge in [-0.2, -0.15) is 4.99 Å². The van der Waals surface area contributed by atoms with E-state index >= 15 is 0 Å². The molecule has 5 nitrogen and oxygen atoms in total. The summed E-state index contributed by atoms with van der Waals surface area (Å²) in [6.45, 7) is 6.30. The van der Waals surface area contributed by atoms with Crippen molar-refractivity contribution in [3.8, 4) is 0 Å². The van der Waals surface area contributed by atoms with Crippen molar-refractivity contribution in [3.63, 3.8) is 0 Å². The van der Waals surface area contributed by atoms with Crippen LogP contribution < -0.4 is 4.80 Å². The standard InChI is InChI=1S/C20H20N2O3S3/c1-4-11-22-17-10-9-16(28(3,24)25)13-18(17)27-20(22)21-19(23)14-7-6-8-15(12-14)26-5-2/h4,6-10,12-13H,1,5,11H2,2-3H3. The molecule has 0 aliphatic heterocycles. The Bertz CT molecular complexity index is 1220. The quantitative estimate of drug-likeness (QED) is 0.434. The van der Waals surface area contributed by atoms with Gasteiger partial charge in [0.1, 0.15) is 0 Å². The summed E-state index contributed by atoms with van der Waals surface area (Å²) in [5.74, 6) is 0.596. The number of fused-ring (bicyclic) bond motifs is 1.